The molecule has 0 aliphatic heterocycles. The van der Waals surface area contributed by atoms with Crippen LogP contribution >= 0.6 is 0 Å². The number of para-hydroxylation sites is 1. The first-order chi connectivity index (χ1) is 11.4. The minimum atomic E-state index is -4.33. The molecular weight excluding hydrogens is 332 g/mol. The number of aromatic hydroxyl groups is 2. The van der Waals surface area contributed by atoms with Gasteiger partial charge in [-0.3, -0.25) is 4.55 Å². The summed E-state index contributed by atoms with van der Waals surface area (Å²) in [7, 11) is -4.33. The topological polar surface area (TPSA) is 120 Å². The van der Waals surface area contributed by atoms with Gasteiger partial charge in [0.1, 0.15) is 22.9 Å². The number of phenolic OH excluding ortho intramolecular Hbond substituents is 2. The predicted octanol–water partition coefficient (Wildman–Crippen LogP) is 3.91. The molecule has 0 radical (unpaired) electrons. The number of nitrogens with zero attached hydrogens (tertiary/aromatic N) is 2. The number of hydrogen-bond acceptors (Lipinski definition) is 6. The lowest BCUT2D eigenvalue weighted by molar-refractivity contribution is 0.474. The van der Waals surface area contributed by atoms with Crippen molar-refractivity contribution in [2.75, 3.05) is 0 Å². The molecule has 8 heteroatoms. The van der Waals surface area contributed by atoms with Crippen molar-refractivity contribution in [2.45, 2.75) is 4.90 Å². The van der Waals surface area contributed by atoms with E-state index in [1.165, 1.54) is 36.4 Å². The Morgan fingerprint density at radius 3 is 2.29 bits per heavy atom. The summed E-state index contributed by atoms with van der Waals surface area (Å²) in [6, 6.07) is 13.0. The van der Waals surface area contributed by atoms with Crippen LogP contribution in [0.25, 0.3) is 10.8 Å². The number of fused-ring (bicyclic) bond motifs is 1. The van der Waals surface area contributed by atoms with Crippen molar-refractivity contribution in [3.8, 4) is 11.5 Å². The van der Waals surface area contributed by atoms with Gasteiger partial charge in [0, 0.05) is 5.39 Å². The molecule has 0 aliphatic rings. The molecule has 0 spiro atoms. The molecule has 3 rings (SSSR count). The summed E-state index contributed by atoms with van der Waals surface area (Å²) in [6.45, 7) is 0. The minimum absolute atomic E-state index is 0.0605. The molecule has 0 unspecified atom stereocenters. The van der Waals surface area contributed by atoms with Crippen molar-refractivity contribution < 1.29 is 23.2 Å². The van der Waals surface area contributed by atoms with Crippen LogP contribution in [0.1, 0.15) is 0 Å². The smallest absolute Gasteiger partial charge is 0.294 e. The van der Waals surface area contributed by atoms with Gasteiger partial charge in [-0.15, -0.1) is 10.2 Å². The highest BCUT2D eigenvalue weighted by atomic mass is 32.2. The third-order valence-corrected chi connectivity index (χ3v) is 4.23. The highest BCUT2D eigenvalue weighted by Gasteiger charge is 2.13. The van der Waals surface area contributed by atoms with Crippen LogP contribution in [0.2, 0.25) is 0 Å². The van der Waals surface area contributed by atoms with Crippen molar-refractivity contribution in [1.82, 2.24) is 0 Å². The van der Waals surface area contributed by atoms with Gasteiger partial charge in [-0.1, -0.05) is 24.3 Å². The Hall–Kier alpha value is -2.97. The lowest BCUT2D eigenvalue weighted by Crippen LogP contribution is -1.97. The summed E-state index contributed by atoms with van der Waals surface area (Å²) < 4.78 is 31.5. The van der Waals surface area contributed by atoms with E-state index < -0.39 is 10.1 Å². The molecule has 3 aromatic carbocycles. The second-order valence-corrected chi connectivity index (χ2v) is 6.40. The quantitative estimate of drug-likeness (QED) is 0.491. The lowest BCUT2D eigenvalue weighted by Gasteiger charge is -2.06. The molecule has 0 fully saturated rings. The van der Waals surface area contributed by atoms with Gasteiger partial charge in [0.05, 0.1) is 4.90 Å². The molecular formula is C16H12N2O5S. The summed E-state index contributed by atoms with van der Waals surface area (Å²) >= 11 is 0. The number of hydrogen-bond donors (Lipinski definition) is 3. The number of phenols is 2. The highest BCUT2D eigenvalue weighted by molar-refractivity contribution is 7.85. The Bertz CT molecular complexity index is 1060. The van der Waals surface area contributed by atoms with Crippen molar-refractivity contribution in [3.05, 3.63) is 54.6 Å². The third-order valence-electron chi connectivity index (χ3n) is 3.38. The van der Waals surface area contributed by atoms with Crippen LogP contribution in [-0.4, -0.2) is 23.2 Å². The SMILES string of the molecule is O=S(=O)(O)c1ccc2c(N=Nc3ccccc3O)c(O)ccc2c1. The van der Waals surface area contributed by atoms with E-state index in [-0.39, 0.29) is 27.8 Å². The normalized spacial score (nSPS) is 12.0. The molecule has 3 aromatic rings. The zero-order valence-electron chi connectivity index (χ0n) is 12.2. The van der Waals surface area contributed by atoms with Crippen molar-refractivity contribution in [1.29, 1.82) is 0 Å². The van der Waals surface area contributed by atoms with Crippen molar-refractivity contribution in [2.24, 2.45) is 10.2 Å². The van der Waals surface area contributed by atoms with Gasteiger partial charge in [0.15, 0.2) is 0 Å². The van der Waals surface area contributed by atoms with Gasteiger partial charge in [-0.2, -0.15) is 8.42 Å². The molecule has 0 aromatic heterocycles. The van der Waals surface area contributed by atoms with E-state index in [1.54, 1.807) is 18.2 Å². The third kappa shape index (κ3) is 3.05. The largest absolute Gasteiger partial charge is 0.506 e. The molecule has 3 N–H and O–H groups in total. The van der Waals surface area contributed by atoms with E-state index >= 15 is 0 Å². The van der Waals surface area contributed by atoms with E-state index in [0.717, 1.165) is 0 Å². The first-order valence-corrected chi connectivity index (χ1v) is 8.23. The second kappa shape index (κ2) is 5.91. The van der Waals surface area contributed by atoms with Gasteiger partial charge < -0.3 is 10.2 Å². The lowest BCUT2D eigenvalue weighted by atomic mass is 10.1. The first-order valence-electron chi connectivity index (χ1n) is 6.79. The molecule has 7 nitrogen and oxygen atoms in total. The van der Waals surface area contributed by atoms with E-state index in [2.05, 4.69) is 10.2 Å². The standard InChI is InChI=1S/C16H12N2O5S/c19-14-4-2-1-3-13(14)17-18-16-12-7-6-11(24(21,22)23)9-10(12)5-8-15(16)20/h1-9,19-20H,(H,21,22,23). The summed E-state index contributed by atoms with van der Waals surface area (Å²) in [6.07, 6.45) is 0. The fourth-order valence-electron chi connectivity index (χ4n) is 2.20. The minimum Gasteiger partial charge on any atom is -0.506 e. The summed E-state index contributed by atoms with van der Waals surface area (Å²) in [5, 5.41) is 28.5. The van der Waals surface area contributed by atoms with Gasteiger partial charge in [0.2, 0.25) is 0 Å². The second-order valence-electron chi connectivity index (χ2n) is 4.98. The van der Waals surface area contributed by atoms with Crippen LogP contribution in [0.3, 0.4) is 0 Å². The number of rotatable bonds is 3. The van der Waals surface area contributed by atoms with E-state index in [0.29, 0.717) is 10.8 Å². The Morgan fingerprint density at radius 1 is 0.833 bits per heavy atom. The first kappa shape index (κ1) is 15.9. The van der Waals surface area contributed by atoms with E-state index in [9.17, 15) is 18.6 Å². The molecule has 0 saturated carbocycles. The van der Waals surface area contributed by atoms with Crippen LogP contribution < -0.4 is 0 Å². The van der Waals surface area contributed by atoms with Crippen LogP contribution in [0.4, 0.5) is 11.4 Å². The Kier molecular flexibility index (Phi) is 3.92. The average Bonchev–Trinajstić information content (AvgIpc) is 2.54. The fourth-order valence-corrected chi connectivity index (χ4v) is 2.71. The maximum Gasteiger partial charge on any atom is 0.294 e. The average molecular weight is 344 g/mol. The van der Waals surface area contributed by atoms with Crippen molar-refractivity contribution >= 4 is 32.3 Å². The van der Waals surface area contributed by atoms with Gasteiger partial charge in [-0.05, 0) is 35.7 Å². The zero-order valence-corrected chi connectivity index (χ0v) is 13.0. The Labute approximate surface area is 137 Å². The van der Waals surface area contributed by atoms with Crippen LogP contribution in [0, 0.1) is 0 Å². The Balaban J connectivity index is 2.14. The van der Waals surface area contributed by atoms with Crippen LogP contribution in [0.5, 0.6) is 11.5 Å². The zero-order chi connectivity index (χ0) is 17.3. The molecule has 122 valence electrons. The van der Waals surface area contributed by atoms with Gasteiger partial charge in [0.25, 0.3) is 10.1 Å². The highest BCUT2D eigenvalue weighted by Crippen LogP contribution is 2.37. The van der Waals surface area contributed by atoms with Crippen LogP contribution in [0.15, 0.2) is 69.7 Å². The van der Waals surface area contributed by atoms with E-state index in [1.807, 2.05) is 0 Å². The summed E-state index contributed by atoms with van der Waals surface area (Å²) in [4.78, 5) is -0.260. The summed E-state index contributed by atoms with van der Waals surface area (Å²) in [5.41, 5.74) is 0.348. The monoisotopic (exact) mass is 344 g/mol. The number of azo groups is 1. The predicted molar refractivity (Wildman–Crippen MR) is 87.7 cm³/mol. The molecule has 0 amide bonds. The molecule has 0 saturated heterocycles. The molecule has 24 heavy (non-hydrogen) atoms. The maximum atomic E-state index is 11.2. The van der Waals surface area contributed by atoms with Gasteiger partial charge >= 0.3 is 0 Å². The molecule has 0 atom stereocenters. The molecule has 0 heterocycles. The van der Waals surface area contributed by atoms with E-state index in [4.69, 9.17) is 4.55 Å². The Morgan fingerprint density at radius 2 is 1.58 bits per heavy atom. The van der Waals surface area contributed by atoms with Gasteiger partial charge in [-0.25, -0.2) is 0 Å². The fraction of sp³-hybridized carbons (Fsp3) is 0. The molecule has 0 aliphatic carbocycles. The molecule has 0 bridgehead atoms. The van der Waals surface area contributed by atoms with Crippen LogP contribution in [-0.2, 0) is 10.1 Å². The van der Waals surface area contributed by atoms with Crippen molar-refractivity contribution in [3.63, 3.8) is 0 Å². The maximum absolute atomic E-state index is 11.2. The summed E-state index contributed by atoms with van der Waals surface area (Å²) in [5.74, 6) is -0.212. The number of benzene rings is 3.